The largest absolute Gasteiger partial charge is 0.481 e. The Bertz CT molecular complexity index is 1090. The van der Waals surface area contributed by atoms with Crippen molar-refractivity contribution in [1.82, 2.24) is 5.43 Å². The number of nitrogens with one attached hydrogen (secondary N) is 1. The zero-order chi connectivity index (χ0) is 22.2. The van der Waals surface area contributed by atoms with Gasteiger partial charge in [0.2, 0.25) is 0 Å². The van der Waals surface area contributed by atoms with E-state index < -0.39 is 23.8 Å². The topological polar surface area (TPSA) is 77.0 Å². The molecule has 0 saturated carbocycles. The summed E-state index contributed by atoms with van der Waals surface area (Å²) in [5, 5.41) is 4.46. The van der Waals surface area contributed by atoms with Crippen molar-refractivity contribution in [2.24, 2.45) is 5.10 Å². The van der Waals surface area contributed by atoms with Gasteiger partial charge in [0.15, 0.2) is 6.10 Å². The normalized spacial score (nSPS) is 11.7. The van der Waals surface area contributed by atoms with Gasteiger partial charge >= 0.3 is 5.97 Å². The van der Waals surface area contributed by atoms with Crippen LogP contribution in [0, 0.1) is 5.82 Å². The van der Waals surface area contributed by atoms with Gasteiger partial charge in [-0.2, -0.15) is 5.10 Å². The first-order chi connectivity index (χ1) is 14.9. The molecule has 6 nitrogen and oxygen atoms in total. The fourth-order valence-electron chi connectivity index (χ4n) is 2.44. The van der Waals surface area contributed by atoms with Crippen molar-refractivity contribution in [2.45, 2.75) is 13.0 Å². The average molecular weight is 441 g/mol. The van der Waals surface area contributed by atoms with Crippen LogP contribution in [0.15, 0.2) is 77.9 Å². The van der Waals surface area contributed by atoms with E-state index in [-0.39, 0.29) is 11.3 Å². The number of carbonyl (C=O) groups is 2. The minimum atomic E-state index is -0.790. The molecule has 0 aliphatic carbocycles. The lowest BCUT2D eigenvalue weighted by molar-refractivity contribution is -0.127. The first-order valence-electron chi connectivity index (χ1n) is 9.24. The SMILES string of the molecule is CC(Oc1ccc(Cl)cc1)C(=O)NN=Cc1ccc(OC(=O)c2ccccc2F)cc1. The maximum Gasteiger partial charge on any atom is 0.346 e. The van der Waals surface area contributed by atoms with E-state index in [9.17, 15) is 14.0 Å². The molecule has 3 aromatic rings. The number of benzene rings is 3. The highest BCUT2D eigenvalue weighted by atomic mass is 35.5. The predicted octanol–water partition coefficient (Wildman–Crippen LogP) is 4.62. The van der Waals surface area contributed by atoms with Crippen LogP contribution in [0.2, 0.25) is 5.02 Å². The second-order valence-electron chi connectivity index (χ2n) is 6.39. The molecule has 0 fully saturated rings. The van der Waals surface area contributed by atoms with Crippen LogP contribution in [-0.2, 0) is 4.79 Å². The zero-order valence-corrected chi connectivity index (χ0v) is 17.2. The number of hydrogen-bond acceptors (Lipinski definition) is 5. The monoisotopic (exact) mass is 440 g/mol. The van der Waals surface area contributed by atoms with E-state index >= 15 is 0 Å². The molecule has 3 rings (SSSR count). The number of carbonyl (C=O) groups excluding carboxylic acids is 2. The van der Waals surface area contributed by atoms with Crippen LogP contribution in [0.5, 0.6) is 11.5 Å². The second kappa shape index (κ2) is 10.4. The molecule has 0 bridgehead atoms. The van der Waals surface area contributed by atoms with E-state index in [1.54, 1.807) is 49.4 Å². The summed E-state index contributed by atoms with van der Waals surface area (Å²) in [5.74, 6) is -1.11. The van der Waals surface area contributed by atoms with Crippen molar-refractivity contribution < 1.29 is 23.5 Å². The lowest BCUT2D eigenvalue weighted by atomic mass is 10.2. The smallest absolute Gasteiger partial charge is 0.346 e. The number of esters is 1. The lowest BCUT2D eigenvalue weighted by Gasteiger charge is -2.12. The van der Waals surface area contributed by atoms with Crippen molar-refractivity contribution in [3.63, 3.8) is 0 Å². The molecule has 1 N–H and O–H groups in total. The van der Waals surface area contributed by atoms with Crippen LogP contribution in [0.25, 0.3) is 0 Å². The number of halogens is 2. The summed E-state index contributed by atoms with van der Waals surface area (Å²) in [4.78, 5) is 24.1. The predicted molar refractivity (Wildman–Crippen MR) is 115 cm³/mol. The van der Waals surface area contributed by atoms with E-state index in [0.717, 1.165) is 0 Å². The van der Waals surface area contributed by atoms with Gasteiger partial charge in [-0.05, 0) is 73.2 Å². The summed E-state index contributed by atoms with van der Waals surface area (Å²) in [5.41, 5.74) is 2.89. The van der Waals surface area contributed by atoms with Gasteiger partial charge in [-0.3, -0.25) is 4.79 Å². The van der Waals surface area contributed by atoms with E-state index in [1.165, 1.54) is 36.5 Å². The fourth-order valence-corrected chi connectivity index (χ4v) is 2.57. The summed E-state index contributed by atoms with van der Waals surface area (Å²) in [6, 6.07) is 18.6. The van der Waals surface area contributed by atoms with Crippen LogP contribution in [0.3, 0.4) is 0 Å². The van der Waals surface area contributed by atoms with Crippen LogP contribution in [0.4, 0.5) is 4.39 Å². The Kier molecular flexibility index (Phi) is 7.35. The van der Waals surface area contributed by atoms with Gasteiger partial charge in [-0.15, -0.1) is 0 Å². The Morgan fingerprint density at radius 1 is 1.00 bits per heavy atom. The molecule has 31 heavy (non-hydrogen) atoms. The lowest BCUT2D eigenvalue weighted by Crippen LogP contribution is -2.33. The minimum absolute atomic E-state index is 0.147. The molecule has 0 aliphatic heterocycles. The molecule has 0 heterocycles. The van der Waals surface area contributed by atoms with Gasteiger partial charge in [-0.25, -0.2) is 14.6 Å². The van der Waals surface area contributed by atoms with Crippen molar-refractivity contribution in [1.29, 1.82) is 0 Å². The highest BCUT2D eigenvalue weighted by Crippen LogP contribution is 2.17. The summed E-state index contributed by atoms with van der Waals surface area (Å²) >= 11 is 5.81. The number of ether oxygens (including phenoxy) is 2. The number of rotatable bonds is 7. The van der Waals surface area contributed by atoms with Crippen LogP contribution < -0.4 is 14.9 Å². The van der Waals surface area contributed by atoms with Crippen LogP contribution in [-0.4, -0.2) is 24.2 Å². The van der Waals surface area contributed by atoms with Crippen molar-refractivity contribution >= 4 is 29.7 Å². The summed E-state index contributed by atoms with van der Waals surface area (Å²) in [6.07, 6.45) is 0.661. The number of hydrazone groups is 1. The Labute approximate surface area is 183 Å². The first kappa shape index (κ1) is 22.0. The molecular weight excluding hydrogens is 423 g/mol. The molecule has 1 amide bonds. The van der Waals surface area contributed by atoms with Crippen molar-refractivity contribution in [2.75, 3.05) is 0 Å². The molecule has 8 heteroatoms. The maximum absolute atomic E-state index is 13.6. The van der Waals surface area contributed by atoms with Crippen molar-refractivity contribution in [3.05, 3.63) is 94.8 Å². The molecule has 0 aromatic heterocycles. The summed E-state index contributed by atoms with van der Waals surface area (Å²) in [6.45, 7) is 1.60. The van der Waals surface area contributed by atoms with Gasteiger partial charge in [0, 0.05) is 5.02 Å². The maximum atomic E-state index is 13.6. The number of hydrogen-bond donors (Lipinski definition) is 1. The summed E-state index contributed by atoms with van der Waals surface area (Å²) in [7, 11) is 0. The Hall–Kier alpha value is -3.71. The second-order valence-corrected chi connectivity index (χ2v) is 6.82. The fraction of sp³-hybridized carbons (Fsp3) is 0.0870. The molecule has 0 radical (unpaired) electrons. The molecule has 0 aliphatic rings. The minimum Gasteiger partial charge on any atom is -0.481 e. The van der Waals surface area contributed by atoms with Gasteiger partial charge in [0.05, 0.1) is 11.8 Å². The molecular formula is C23H18ClFN2O4. The first-order valence-corrected chi connectivity index (χ1v) is 9.62. The molecule has 3 aromatic carbocycles. The molecule has 158 valence electrons. The number of amides is 1. The highest BCUT2D eigenvalue weighted by Gasteiger charge is 2.14. The molecule has 1 atom stereocenters. The number of nitrogens with zero attached hydrogens (tertiary/aromatic N) is 1. The Morgan fingerprint density at radius 3 is 2.32 bits per heavy atom. The highest BCUT2D eigenvalue weighted by molar-refractivity contribution is 6.30. The summed E-state index contributed by atoms with van der Waals surface area (Å²) < 4.78 is 24.3. The van der Waals surface area contributed by atoms with E-state index in [0.29, 0.717) is 16.3 Å². The quantitative estimate of drug-likeness (QED) is 0.252. The van der Waals surface area contributed by atoms with Gasteiger partial charge < -0.3 is 9.47 Å². The van der Waals surface area contributed by atoms with E-state index in [4.69, 9.17) is 21.1 Å². The van der Waals surface area contributed by atoms with E-state index in [2.05, 4.69) is 10.5 Å². The average Bonchev–Trinajstić information content (AvgIpc) is 2.76. The van der Waals surface area contributed by atoms with Gasteiger partial charge in [-0.1, -0.05) is 23.7 Å². The third-order valence-electron chi connectivity index (χ3n) is 4.07. The van der Waals surface area contributed by atoms with Gasteiger partial charge in [0.25, 0.3) is 5.91 Å². The zero-order valence-electron chi connectivity index (χ0n) is 16.4. The van der Waals surface area contributed by atoms with Gasteiger partial charge in [0.1, 0.15) is 17.3 Å². The molecule has 0 saturated heterocycles. The molecule has 0 spiro atoms. The third-order valence-corrected chi connectivity index (χ3v) is 4.32. The van der Waals surface area contributed by atoms with Crippen molar-refractivity contribution in [3.8, 4) is 11.5 Å². The van der Waals surface area contributed by atoms with E-state index in [1.807, 2.05) is 0 Å². The standard InChI is InChI=1S/C23H18ClFN2O4/c1-15(30-18-12-8-17(24)9-13-18)22(28)27-26-14-16-6-10-19(11-7-16)31-23(29)20-4-2-3-5-21(20)25/h2-15H,1H3,(H,27,28). The Balaban J connectivity index is 1.51. The Morgan fingerprint density at radius 2 is 1.65 bits per heavy atom. The van der Waals surface area contributed by atoms with Crippen LogP contribution >= 0.6 is 11.6 Å². The molecule has 1 unspecified atom stereocenters. The third kappa shape index (κ3) is 6.38. The van der Waals surface area contributed by atoms with Crippen LogP contribution in [0.1, 0.15) is 22.8 Å².